The van der Waals surface area contributed by atoms with E-state index in [1.165, 1.54) is 13.2 Å². The van der Waals surface area contributed by atoms with Crippen molar-refractivity contribution in [2.75, 3.05) is 7.11 Å². The predicted octanol–water partition coefficient (Wildman–Crippen LogP) is 2.88. The predicted molar refractivity (Wildman–Crippen MR) is 65.3 cm³/mol. The number of benzene rings is 2. The maximum Gasteiger partial charge on any atom is 0.161 e. The summed E-state index contributed by atoms with van der Waals surface area (Å²) < 4.78 is 5.04. The Balaban J connectivity index is 2.56. The summed E-state index contributed by atoms with van der Waals surface area (Å²) in [6, 6.07) is 11.3. The van der Waals surface area contributed by atoms with Gasteiger partial charge >= 0.3 is 0 Å². The van der Waals surface area contributed by atoms with E-state index in [-0.39, 0.29) is 11.5 Å². The Morgan fingerprint density at radius 2 is 1.94 bits per heavy atom. The zero-order chi connectivity index (χ0) is 12.4. The van der Waals surface area contributed by atoms with Gasteiger partial charge in [0.05, 0.1) is 7.11 Å². The number of aromatic hydroxyl groups is 2. The lowest BCUT2D eigenvalue weighted by Gasteiger charge is -2.09. The van der Waals surface area contributed by atoms with Crippen molar-refractivity contribution in [3.05, 3.63) is 42.0 Å². The summed E-state index contributed by atoms with van der Waals surface area (Å²) in [7, 11) is 1.49. The fraction of sp³-hybridized carbons (Fsp3) is 0.143. The molecular weight excluding hydrogens is 216 g/mol. The molecule has 0 aromatic heterocycles. The highest BCUT2D eigenvalue weighted by molar-refractivity contribution is 5.72. The number of phenolic OH excluding ortho intramolecular Hbond substituents is 2. The van der Waals surface area contributed by atoms with Crippen molar-refractivity contribution < 1.29 is 14.9 Å². The number of ether oxygens (including phenoxy) is 1. The molecule has 0 atom stereocenters. The van der Waals surface area contributed by atoms with Gasteiger partial charge in [-0.05, 0) is 42.3 Å². The molecule has 0 saturated heterocycles. The third kappa shape index (κ3) is 2.18. The average molecular weight is 229 g/mol. The molecule has 2 rings (SSSR count). The maximum atomic E-state index is 9.76. The van der Waals surface area contributed by atoms with Gasteiger partial charge in [-0.1, -0.05) is 6.07 Å². The molecule has 0 heterocycles. The maximum absolute atomic E-state index is 9.76. The molecule has 0 aliphatic heterocycles. The van der Waals surface area contributed by atoms with Crippen LogP contribution in [0.1, 0.15) is 5.56 Å². The van der Waals surface area contributed by atoms with Crippen molar-refractivity contribution in [3.63, 3.8) is 0 Å². The zero-order valence-corrected chi connectivity index (χ0v) is 9.69. The lowest BCUT2D eigenvalue weighted by atomic mass is 10.0. The van der Waals surface area contributed by atoms with Crippen LogP contribution >= 0.6 is 0 Å². The Morgan fingerprint density at radius 3 is 2.65 bits per heavy atom. The summed E-state index contributed by atoms with van der Waals surface area (Å²) in [5, 5.41) is 19.3. The van der Waals surface area contributed by atoms with Gasteiger partial charge in [-0.15, -0.1) is 0 Å². The van der Waals surface area contributed by atoms with Crippen LogP contribution in [0.5, 0.6) is 17.2 Å². The van der Waals surface area contributed by atoms with Crippen LogP contribution in [0.25, 0.3) is 11.1 Å². The average Bonchev–Trinajstić information content (AvgIpc) is 2.33. The molecule has 2 N–H and O–H groups in total. The van der Waals surface area contributed by atoms with Gasteiger partial charge < -0.3 is 14.9 Å². The van der Waals surface area contributed by atoms with Gasteiger partial charge in [-0.2, -0.15) is 0 Å². The van der Waals surface area contributed by atoms with Crippen LogP contribution in [0.3, 0.4) is 0 Å². The smallest absolute Gasteiger partial charge is 0.161 e. The normalized spacial score (nSPS) is 10.2. The molecule has 0 fully saturated rings. The number of methoxy groups -OCH3 is 1. The first-order valence-electron chi connectivity index (χ1n) is 5.20. The molecule has 0 aliphatic carbocycles. The summed E-state index contributed by atoms with van der Waals surface area (Å²) in [6.45, 7) is 1.93. The van der Waals surface area contributed by atoms with Crippen molar-refractivity contribution >= 4 is 0 Å². The Kier molecular flexibility index (Phi) is 2.91. The number of hydrogen-bond donors (Lipinski definition) is 2. The van der Waals surface area contributed by atoms with E-state index in [4.69, 9.17) is 4.74 Å². The summed E-state index contributed by atoms with van der Waals surface area (Å²) in [4.78, 5) is 0. The van der Waals surface area contributed by atoms with Gasteiger partial charge in [-0.3, -0.25) is 0 Å². The molecule has 1 radical (unpaired) electrons. The van der Waals surface area contributed by atoms with Gasteiger partial charge in [0.2, 0.25) is 0 Å². The van der Waals surface area contributed by atoms with E-state index in [9.17, 15) is 10.2 Å². The Morgan fingerprint density at radius 1 is 1.18 bits per heavy atom. The van der Waals surface area contributed by atoms with Gasteiger partial charge in [0.1, 0.15) is 5.75 Å². The summed E-state index contributed by atoms with van der Waals surface area (Å²) in [6.07, 6.45) is 0. The first-order valence-corrected chi connectivity index (χ1v) is 5.20. The van der Waals surface area contributed by atoms with Crippen LogP contribution in [0.2, 0.25) is 0 Å². The van der Waals surface area contributed by atoms with Crippen LogP contribution in [-0.2, 0) is 0 Å². The molecule has 0 saturated carbocycles. The second kappa shape index (κ2) is 4.37. The highest BCUT2D eigenvalue weighted by Crippen LogP contribution is 2.35. The summed E-state index contributed by atoms with van der Waals surface area (Å²) in [5.41, 5.74) is 2.45. The van der Waals surface area contributed by atoms with Crippen molar-refractivity contribution in [2.45, 2.75) is 6.92 Å². The molecular formula is C14H13O3. The monoisotopic (exact) mass is 229 g/mol. The minimum atomic E-state index is 0.0763. The molecule has 2 aromatic rings. The van der Waals surface area contributed by atoms with Crippen molar-refractivity contribution in [2.24, 2.45) is 0 Å². The topological polar surface area (TPSA) is 49.7 Å². The van der Waals surface area contributed by atoms with Crippen LogP contribution in [0.15, 0.2) is 30.3 Å². The molecule has 3 heteroatoms. The SMILES string of the molecule is COc1cc(-c2cc(C)c[c]c2O)ccc1O. The standard InChI is InChI=1S/C14H13O3/c1-9-3-5-12(15)11(7-9)10-4-6-13(16)14(8-10)17-2/h3-4,6-8,15-16H,1-2H3. The fourth-order valence-corrected chi connectivity index (χ4v) is 1.66. The second-order valence-corrected chi connectivity index (χ2v) is 3.83. The zero-order valence-electron chi connectivity index (χ0n) is 9.69. The van der Waals surface area contributed by atoms with Crippen LogP contribution in [0.4, 0.5) is 0 Å². The highest BCUT2D eigenvalue weighted by Gasteiger charge is 2.08. The van der Waals surface area contributed by atoms with Gasteiger partial charge in [0.15, 0.2) is 11.5 Å². The van der Waals surface area contributed by atoms with E-state index in [1.807, 2.05) is 13.0 Å². The molecule has 3 nitrogen and oxygen atoms in total. The molecule has 0 bridgehead atoms. The summed E-state index contributed by atoms with van der Waals surface area (Å²) >= 11 is 0. The third-order valence-corrected chi connectivity index (χ3v) is 2.55. The van der Waals surface area contributed by atoms with Gasteiger partial charge in [0.25, 0.3) is 0 Å². The van der Waals surface area contributed by atoms with Gasteiger partial charge in [0, 0.05) is 11.6 Å². The number of phenols is 2. The van der Waals surface area contributed by atoms with Gasteiger partial charge in [-0.25, -0.2) is 0 Å². The highest BCUT2D eigenvalue weighted by atomic mass is 16.5. The first kappa shape index (κ1) is 11.3. The third-order valence-electron chi connectivity index (χ3n) is 2.55. The molecule has 0 spiro atoms. The van der Waals surface area contributed by atoms with E-state index in [0.29, 0.717) is 11.3 Å². The molecule has 0 unspecified atom stereocenters. The lowest BCUT2D eigenvalue weighted by Crippen LogP contribution is -1.86. The molecule has 0 amide bonds. The minimum absolute atomic E-state index is 0.0763. The number of aryl methyl sites for hydroxylation is 1. The number of rotatable bonds is 2. The minimum Gasteiger partial charge on any atom is -0.507 e. The molecule has 2 aromatic carbocycles. The molecule has 87 valence electrons. The quantitative estimate of drug-likeness (QED) is 0.832. The van der Waals surface area contributed by atoms with Crippen molar-refractivity contribution in [1.29, 1.82) is 0 Å². The van der Waals surface area contributed by atoms with E-state index in [0.717, 1.165) is 11.1 Å². The molecule has 0 aliphatic rings. The Labute approximate surface area is 99.9 Å². The lowest BCUT2D eigenvalue weighted by molar-refractivity contribution is 0.373. The first-order chi connectivity index (χ1) is 8.11. The Hall–Kier alpha value is -2.16. The fourth-order valence-electron chi connectivity index (χ4n) is 1.66. The van der Waals surface area contributed by atoms with Crippen LogP contribution < -0.4 is 4.74 Å². The largest absolute Gasteiger partial charge is 0.507 e. The van der Waals surface area contributed by atoms with E-state index in [1.54, 1.807) is 18.2 Å². The Bertz CT molecular complexity index is 547. The van der Waals surface area contributed by atoms with E-state index < -0.39 is 0 Å². The number of hydrogen-bond acceptors (Lipinski definition) is 3. The molecule has 17 heavy (non-hydrogen) atoms. The van der Waals surface area contributed by atoms with Crippen molar-refractivity contribution in [3.8, 4) is 28.4 Å². The van der Waals surface area contributed by atoms with E-state index >= 15 is 0 Å². The van der Waals surface area contributed by atoms with Crippen LogP contribution in [0, 0.1) is 13.0 Å². The van der Waals surface area contributed by atoms with Crippen molar-refractivity contribution in [1.82, 2.24) is 0 Å². The second-order valence-electron chi connectivity index (χ2n) is 3.83. The summed E-state index contributed by atoms with van der Waals surface area (Å²) in [5.74, 6) is 0.541. The van der Waals surface area contributed by atoms with Crippen LogP contribution in [-0.4, -0.2) is 17.3 Å². The van der Waals surface area contributed by atoms with E-state index in [2.05, 4.69) is 6.07 Å².